The highest BCUT2D eigenvalue weighted by atomic mass is 32.2. The number of carbonyl (C=O) groups is 2. The van der Waals surface area contributed by atoms with Crippen molar-refractivity contribution >= 4 is 33.2 Å². The summed E-state index contributed by atoms with van der Waals surface area (Å²) >= 11 is 1.14. The Kier molecular flexibility index (Phi) is 6.28. The average molecular weight is 402 g/mol. The highest BCUT2D eigenvalue weighted by Gasteiger charge is 2.35. The van der Waals surface area contributed by atoms with Crippen LogP contribution in [-0.2, 0) is 24.3 Å². The Morgan fingerprint density at radius 3 is 2.69 bits per heavy atom. The van der Waals surface area contributed by atoms with E-state index in [2.05, 4.69) is 10.6 Å². The molecule has 0 bridgehead atoms. The summed E-state index contributed by atoms with van der Waals surface area (Å²) in [5.41, 5.74) is 0. The number of hydrogen-bond acceptors (Lipinski definition) is 6. The number of nitrogens with one attached hydrogen (secondary N) is 2. The maximum absolute atomic E-state index is 12.7. The van der Waals surface area contributed by atoms with Crippen LogP contribution in [0, 0.1) is 0 Å². The van der Waals surface area contributed by atoms with Gasteiger partial charge in [0.15, 0.2) is 0 Å². The first-order valence-electron chi connectivity index (χ1n) is 8.74. The summed E-state index contributed by atoms with van der Waals surface area (Å²) in [7, 11) is -3.68. The molecule has 1 aliphatic carbocycles. The molecule has 2 N–H and O–H groups in total. The molecule has 0 radical (unpaired) electrons. The van der Waals surface area contributed by atoms with E-state index >= 15 is 0 Å². The summed E-state index contributed by atoms with van der Waals surface area (Å²) in [5.74, 6) is -1.44. The summed E-state index contributed by atoms with van der Waals surface area (Å²) in [6.45, 7) is 0.655. The van der Waals surface area contributed by atoms with Crippen molar-refractivity contribution in [3.63, 3.8) is 0 Å². The largest absolute Gasteiger partial charge is 0.360 e. The number of thiophene rings is 1. The second-order valence-corrected chi connectivity index (χ2v) is 9.46. The molecule has 0 spiro atoms. The zero-order chi connectivity index (χ0) is 18.6. The van der Waals surface area contributed by atoms with E-state index in [1.807, 2.05) is 0 Å². The minimum absolute atomic E-state index is 0.0508. The fourth-order valence-corrected chi connectivity index (χ4v) is 5.89. The van der Waals surface area contributed by atoms with Gasteiger partial charge in [0, 0.05) is 12.6 Å². The average Bonchev–Trinajstić information content (AvgIpc) is 3.33. The standard InChI is InChI=1S/C16H23N3O5S2/c20-15(16(21)18-12-5-1-2-6-12)17-11-13-19(8-4-9-24-13)26(22,23)14-7-3-10-25-14/h3,7,10,12-13H,1-2,4-6,8-9,11H2,(H,17,20)(H,18,21)/t13-/m0/s1. The SMILES string of the molecule is O=C(NC[C@@H]1OCCCN1S(=O)(=O)c1cccs1)C(=O)NC1CCCC1. The molecule has 26 heavy (non-hydrogen) atoms. The molecule has 1 aliphatic heterocycles. The van der Waals surface area contributed by atoms with Crippen molar-refractivity contribution in [1.82, 2.24) is 14.9 Å². The minimum atomic E-state index is -3.68. The molecule has 2 amide bonds. The molecular formula is C16H23N3O5S2. The van der Waals surface area contributed by atoms with Crippen molar-refractivity contribution < 1.29 is 22.7 Å². The molecule has 2 heterocycles. The van der Waals surface area contributed by atoms with Gasteiger partial charge in [0.25, 0.3) is 10.0 Å². The van der Waals surface area contributed by atoms with Crippen LogP contribution < -0.4 is 10.6 Å². The first kappa shape index (κ1) is 19.3. The van der Waals surface area contributed by atoms with E-state index in [1.165, 1.54) is 4.31 Å². The first-order valence-corrected chi connectivity index (χ1v) is 11.1. The molecule has 1 saturated heterocycles. The fraction of sp³-hybridized carbons (Fsp3) is 0.625. The van der Waals surface area contributed by atoms with Gasteiger partial charge in [-0.25, -0.2) is 8.42 Å². The molecule has 8 nitrogen and oxygen atoms in total. The van der Waals surface area contributed by atoms with Gasteiger partial charge in [-0.3, -0.25) is 9.59 Å². The van der Waals surface area contributed by atoms with Crippen molar-refractivity contribution in [3.8, 4) is 0 Å². The molecular weight excluding hydrogens is 378 g/mol. The Bertz CT molecular complexity index is 729. The predicted molar refractivity (Wildman–Crippen MR) is 96.0 cm³/mol. The van der Waals surface area contributed by atoms with Crippen molar-refractivity contribution in [3.05, 3.63) is 17.5 Å². The summed E-state index contributed by atoms with van der Waals surface area (Å²) in [5, 5.41) is 6.90. The summed E-state index contributed by atoms with van der Waals surface area (Å²) < 4.78 is 32.5. The van der Waals surface area contributed by atoms with Crippen LogP contribution in [0.5, 0.6) is 0 Å². The van der Waals surface area contributed by atoms with E-state index < -0.39 is 28.1 Å². The van der Waals surface area contributed by atoms with Gasteiger partial charge in [-0.2, -0.15) is 4.31 Å². The van der Waals surface area contributed by atoms with E-state index in [0.717, 1.165) is 37.0 Å². The summed E-state index contributed by atoms with van der Waals surface area (Å²) in [4.78, 5) is 24.0. The maximum Gasteiger partial charge on any atom is 0.309 e. The Hall–Kier alpha value is -1.49. The number of amides is 2. The predicted octanol–water partition coefficient (Wildman–Crippen LogP) is 0.660. The van der Waals surface area contributed by atoms with Gasteiger partial charge < -0.3 is 15.4 Å². The number of ether oxygens (including phenoxy) is 1. The summed E-state index contributed by atoms with van der Waals surface area (Å²) in [6.07, 6.45) is 3.64. The topological polar surface area (TPSA) is 105 Å². The molecule has 1 aromatic heterocycles. The molecule has 1 saturated carbocycles. The Balaban J connectivity index is 1.58. The molecule has 3 rings (SSSR count). The van der Waals surface area contributed by atoms with E-state index in [9.17, 15) is 18.0 Å². The van der Waals surface area contributed by atoms with Gasteiger partial charge >= 0.3 is 11.8 Å². The minimum Gasteiger partial charge on any atom is -0.360 e. The third-order valence-electron chi connectivity index (χ3n) is 4.55. The van der Waals surface area contributed by atoms with Crippen molar-refractivity contribution in [1.29, 1.82) is 0 Å². The van der Waals surface area contributed by atoms with Gasteiger partial charge in [-0.15, -0.1) is 11.3 Å². The molecule has 2 fully saturated rings. The molecule has 0 aromatic carbocycles. The van der Waals surface area contributed by atoms with Crippen LogP contribution in [0.1, 0.15) is 32.1 Å². The number of hydrogen-bond donors (Lipinski definition) is 2. The van der Waals surface area contributed by atoms with E-state index in [1.54, 1.807) is 17.5 Å². The van der Waals surface area contributed by atoms with Gasteiger partial charge in [0.05, 0.1) is 13.2 Å². The fourth-order valence-electron chi connectivity index (χ4n) is 3.21. The highest BCUT2D eigenvalue weighted by Crippen LogP contribution is 2.25. The van der Waals surface area contributed by atoms with Crippen LogP contribution in [0.2, 0.25) is 0 Å². The Morgan fingerprint density at radius 1 is 1.23 bits per heavy atom. The van der Waals surface area contributed by atoms with Crippen LogP contribution >= 0.6 is 11.3 Å². The van der Waals surface area contributed by atoms with E-state index in [-0.39, 0.29) is 16.8 Å². The van der Waals surface area contributed by atoms with Crippen molar-refractivity contribution in [2.75, 3.05) is 19.7 Å². The Labute approximate surface area is 156 Å². The third-order valence-corrected chi connectivity index (χ3v) is 7.81. The molecule has 144 valence electrons. The Morgan fingerprint density at radius 2 is 2.00 bits per heavy atom. The lowest BCUT2D eigenvalue weighted by Gasteiger charge is -2.34. The van der Waals surface area contributed by atoms with Crippen molar-refractivity contribution in [2.45, 2.75) is 48.6 Å². The smallest absolute Gasteiger partial charge is 0.309 e. The zero-order valence-corrected chi connectivity index (χ0v) is 16.0. The van der Waals surface area contributed by atoms with Gasteiger partial charge in [-0.1, -0.05) is 18.9 Å². The van der Waals surface area contributed by atoms with Crippen LogP contribution in [0.3, 0.4) is 0 Å². The van der Waals surface area contributed by atoms with Crippen LogP contribution in [0.4, 0.5) is 0 Å². The second-order valence-electron chi connectivity index (χ2n) is 6.39. The molecule has 0 unspecified atom stereocenters. The molecule has 2 aliphatic rings. The van der Waals surface area contributed by atoms with Gasteiger partial charge in [0.2, 0.25) is 0 Å². The van der Waals surface area contributed by atoms with Crippen LogP contribution in [-0.4, -0.2) is 56.5 Å². The van der Waals surface area contributed by atoms with E-state index in [4.69, 9.17) is 4.74 Å². The molecule has 1 atom stereocenters. The monoisotopic (exact) mass is 401 g/mol. The number of sulfonamides is 1. The van der Waals surface area contributed by atoms with Gasteiger partial charge in [-0.05, 0) is 30.7 Å². The number of nitrogens with zero attached hydrogens (tertiary/aromatic N) is 1. The number of rotatable bonds is 5. The maximum atomic E-state index is 12.7. The van der Waals surface area contributed by atoms with Crippen LogP contribution in [0.15, 0.2) is 21.7 Å². The highest BCUT2D eigenvalue weighted by molar-refractivity contribution is 7.91. The normalized spacial score (nSPS) is 22.2. The van der Waals surface area contributed by atoms with E-state index in [0.29, 0.717) is 19.6 Å². The summed E-state index contributed by atoms with van der Waals surface area (Å²) in [6, 6.07) is 3.26. The zero-order valence-electron chi connectivity index (χ0n) is 14.3. The van der Waals surface area contributed by atoms with Crippen LogP contribution in [0.25, 0.3) is 0 Å². The lowest BCUT2D eigenvalue weighted by atomic mass is 10.2. The molecule has 1 aromatic rings. The quantitative estimate of drug-likeness (QED) is 0.706. The number of carbonyl (C=O) groups excluding carboxylic acids is 2. The second kappa shape index (κ2) is 8.47. The lowest BCUT2D eigenvalue weighted by Crippen LogP contribution is -2.53. The first-order chi connectivity index (χ1) is 12.5. The third kappa shape index (κ3) is 4.43. The van der Waals surface area contributed by atoms with Crippen molar-refractivity contribution in [2.24, 2.45) is 0 Å². The molecule has 10 heteroatoms. The lowest BCUT2D eigenvalue weighted by molar-refractivity contribution is -0.140. The van der Waals surface area contributed by atoms with Gasteiger partial charge in [0.1, 0.15) is 10.4 Å².